The van der Waals surface area contributed by atoms with Gasteiger partial charge in [-0.3, -0.25) is 15.0 Å². The lowest BCUT2D eigenvalue weighted by atomic mass is 9.97. The summed E-state index contributed by atoms with van der Waals surface area (Å²) >= 11 is 0. The van der Waals surface area contributed by atoms with Gasteiger partial charge in [0.2, 0.25) is 0 Å². The van der Waals surface area contributed by atoms with Gasteiger partial charge in [-0.1, -0.05) is 0 Å². The number of carbonyl (C=O) groups excluding carboxylic acids is 1. The maximum absolute atomic E-state index is 12.2. The SMILES string of the molecule is O=C(NC[C@H]([C@@H]1CCOC1)N1CCOCC1)Nc1ccc([N+](=O)[O-])cc1. The second-order valence-electron chi connectivity index (χ2n) is 6.48. The molecule has 9 heteroatoms. The van der Waals surface area contributed by atoms with Crippen LogP contribution in [0.2, 0.25) is 0 Å². The molecule has 0 aromatic heterocycles. The van der Waals surface area contributed by atoms with Crippen molar-refractivity contribution in [2.45, 2.75) is 12.5 Å². The standard InChI is InChI=1S/C17H24N4O5/c22-17(19-14-1-3-15(4-2-14)21(23)24)18-11-16(13-5-8-26-12-13)20-6-9-25-10-7-20/h1-4,13,16H,5-12H2,(H2,18,19,22)/t13-,16-/m1/s1. The molecule has 3 rings (SSSR count). The summed E-state index contributed by atoms with van der Waals surface area (Å²) in [5.74, 6) is 0.396. The van der Waals surface area contributed by atoms with Crippen molar-refractivity contribution in [1.82, 2.24) is 10.2 Å². The number of nitro groups is 1. The smallest absolute Gasteiger partial charge is 0.319 e. The number of nitrogens with one attached hydrogen (secondary N) is 2. The molecule has 0 unspecified atom stereocenters. The quantitative estimate of drug-likeness (QED) is 0.585. The van der Waals surface area contributed by atoms with Crippen molar-refractivity contribution >= 4 is 17.4 Å². The van der Waals surface area contributed by atoms with Gasteiger partial charge in [-0.15, -0.1) is 0 Å². The van der Waals surface area contributed by atoms with E-state index >= 15 is 0 Å². The van der Waals surface area contributed by atoms with Crippen molar-refractivity contribution in [3.05, 3.63) is 34.4 Å². The number of urea groups is 1. The average Bonchev–Trinajstić information content (AvgIpc) is 3.17. The van der Waals surface area contributed by atoms with E-state index in [1.54, 1.807) is 0 Å². The van der Waals surface area contributed by atoms with E-state index in [4.69, 9.17) is 9.47 Å². The molecule has 2 N–H and O–H groups in total. The molecule has 2 saturated heterocycles. The third-order valence-corrected chi connectivity index (χ3v) is 4.83. The summed E-state index contributed by atoms with van der Waals surface area (Å²) in [4.78, 5) is 24.8. The molecule has 142 valence electrons. The Bertz CT molecular complexity index is 612. The first-order valence-electron chi connectivity index (χ1n) is 8.82. The minimum absolute atomic E-state index is 0.00965. The van der Waals surface area contributed by atoms with Crippen molar-refractivity contribution in [3.63, 3.8) is 0 Å². The van der Waals surface area contributed by atoms with E-state index in [-0.39, 0.29) is 17.8 Å². The molecule has 2 fully saturated rings. The van der Waals surface area contributed by atoms with Crippen molar-refractivity contribution in [1.29, 1.82) is 0 Å². The van der Waals surface area contributed by atoms with Crippen LogP contribution in [-0.4, -0.2) is 68.0 Å². The lowest BCUT2D eigenvalue weighted by Crippen LogP contribution is -2.52. The van der Waals surface area contributed by atoms with E-state index in [1.807, 2.05) is 0 Å². The molecule has 0 saturated carbocycles. The molecular formula is C17H24N4O5. The topological polar surface area (TPSA) is 106 Å². The van der Waals surface area contributed by atoms with Gasteiger partial charge in [0.1, 0.15) is 0 Å². The van der Waals surface area contributed by atoms with Crippen molar-refractivity contribution in [2.24, 2.45) is 5.92 Å². The first kappa shape index (κ1) is 18.6. The lowest BCUT2D eigenvalue weighted by molar-refractivity contribution is -0.384. The van der Waals surface area contributed by atoms with Crippen LogP contribution in [0, 0.1) is 16.0 Å². The van der Waals surface area contributed by atoms with Gasteiger partial charge in [-0.05, 0) is 18.6 Å². The molecule has 2 heterocycles. The van der Waals surface area contributed by atoms with Crippen LogP contribution in [-0.2, 0) is 9.47 Å². The molecule has 26 heavy (non-hydrogen) atoms. The van der Waals surface area contributed by atoms with Gasteiger partial charge in [0, 0.05) is 56.0 Å². The van der Waals surface area contributed by atoms with Crippen LogP contribution < -0.4 is 10.6 Å². The van der Waals surface area contributed by atoms with E-state index in [9.17, 15) is 14.9 Å². The predicted molar refractivity (Wildman–Crippen MR) is 95.2 cm³/mol. The van der Waals surface area contributed by atoms with Crippen LogP contribution in [0.25, 0.3) is 0 Å². The zero-order valence-electron chi connectivity index (χ0n) is 14.6. The van der Waals surface area contributed by atoms with Crippen molar-refractivity contribution in [3.8, 4) is 0 Å². The second-order valence-corrected chi connectivity index (χ2v) is 6.48. The number of rotatable bonds is 6. The van der Waals surface area contributed by atoms with Gasteiger partial charge in [0.25, 0.3) is 5.69 Å². The maximum atomic E-state index is 12.2. The van der Waals surface area contributed by atoms with E-state index in [0.29, 0.717) is 38.0 Å². The van der Waals surface area contributed by atoms with Crippen LogP contribution in [0.15, 0.2) is 24.3 Å². The summed E-state index contributed by atoms with van der Waals surface area (Å²) in [6.45, 7) is 5.12. The molecule has 2 atom stereocenters. The predicted octanol–water partition coefficient (Wildman–Crippen LogP) is 1.45. The summed E-state index contributed by atoms with van der Waals surface area (Å²) < 4.78 is 10.9. The highest BCUT2D eigenvalue weighted by molar-refractivity contribution is 5.89. The monoisotopic (exact) mass is 364 g/mol. The Labute approximate surface area is 151 Å². The summed E-state index contributed by atoms with van der Waals surface area (Å²) in [6.07, 6.45) is 0.994. The van der Waals surface area contributed by atoms with Gasteiger partial charge >= 0.3 is 6.03 Å². The molecule has 0 radical (unpaired) electrons. The molecule has 1 aromatic carbocycles. The van der Waals surface area contributed by atoms with Gasteiger partial charge in [-0.25, -0.2) is 4.79 Å². The maximum Gasteiger partial charge on any atom is 0.319 e. The molecule has 0 bridgehead atoms. The Kier molecular flexibility index (Phi) is 6.37. The van der Waals surface area contributed by atoms with E-state index in [2.05, 4.69) is 15.5 Å². The van der Waals surface area contributed by atoms with E-state index < -0.39 is 4.92 Å². The Hall–Kier alpha value is -2.23. The number of hydrogen-bond donors (Lipinski definition) is 2. The van der Waals surface area contributed by atoms with E-state index in [0.717, 1.165) is 26.1 Å². The molecule has 2 aliphatic heterocycles. The molecule has 1 aromatic rings. The fourth-order valence-electron chi connectivity index (χ4n) is 3.40. The minimum Gasteiger partial charge on any atom is -0.381 e. The van der Waals surface area contributed by atoms with Crippen molar-refractivity contribution < 1.29 is 19.2 Å². The van der Waals surface area contributed by atoms with Crippen LogP contribution in [0.3, 0.4) is 0 Å². The van der Waals surface area contributed by atoms with Crippen molar-refractivity contribution in [2.75, 3.05) is 51.4 Å². The minimum atomic E-state index is -0.472. The number of morpholine rings is 1. The first-order chi connectivity index (χ1) is 12.6. The van der Waals surface area contributed by atoms with Gasteiger partial charge < -0.3 is 20.1 Å². The molecule has 2 amide bonds. The molecule has 0 aliphatic carbocycles. The third kappa shape index (κ3) is 4.90. The first-order valence-corrected chi connectivity index (χ1v) is 8.82. The van der Waals surface area contributed by atoms with Gasteiger partial charge in [-0.2, -0.15) is 0 Å². The van der Waals surface area contributed by atoms with Crippen LogP contribution in [0.5, 0.6) is 0 Å². The van der Waals surface area contributed by atoms with E-state index in [1.165, 1.54) is 24.3 Å². The number of anilines is 1. The number of hydrogen-bond acceptors (Lipinski definition) is 6. The summed E-state index contributed by atoms with van der Waals surface area (Å²) in [5, 5.41) is 16.3. The normalized spacial score (nSPS) is 21.9. The third-order valence-electron chi connectivity index (χ3n) is 4.83. The fraction of sp³-hybridized carbons (Fsp3) is 0.588. The Balaban J connectivity index is 1.53. The van der Waals surface area contributed by atoms with Gasteiger partial charge in [0.15, 0.2) is 0 Å². The zero-order valence-corrected chi connectivity index (χ0v) is 14.6. The number of ether oxygens (including phenoxy) is 2. The van der Waals surface area contributed by atoms with Crippen LogP contribution >= 0.6 is 0 Å². The average molecular weight is 364 g/mol. The Morgan fingerprint density at radius 2 is 1.96 bits per heavy atom. The molecule has 0 spiro atoms. The highest BCUT2D eigenvalue weighted by Crippen LogP contribution is 2.22. The second kappa shape index (κ2) is 8.93. The summed E-state index contributed by atoms with van der Waals surface area (Å²) in [7, 11) is 0. The number of carbonyl (C=O) groups is 1. The highest BCUT2D eigenvalue weighted by atomic mass is 16.6. The number of nitrogens with zero attached hydrogens (tertiary/aromatic N) is 2. The highest BCUT2D eigenvalue weighted by Gasteiger charge is 2.31. The summed E-state index contributed by atoms with van der Waals surface area (Å²) in [6, 6.07) is 5.65. The number of non-ortho nitro benzene ring substituents is 1. The fourth-order valence-corrected chi connectivity index (χ4v) is 3.40. The Morgan fingerprint density at radius 1 is 1.23 bits per heavy atom. The van der Waals surface area contributed by atoms with Crippen LogP contribution in [0.4, 0.5) is 16.2 Å². The van der Waals surface area contributed by atoms with Crippen LogP contribution in [0.1, 0.15) is 6.42 Å². The van der Waals surface area contributed by atoms with Gasteiger partial charge in [0.05, 0.1) is 24.7 Å². The largest absolute Gasteiger partial charge is 0.381 e. The number of amides is 2. The molecular weight excluding hydrogens is 340 g/mol. The summed E-state index contributed by atoms with van der Waals surface area (Å²) in [5.41, 5.74) is 0.504. The Morgan fingerprint density at radius 3 is 2.58 bits per heavy atom. The molecule has 9 nitrogen and oxygen atoms in total. The molecule has 2 aliphatic rings. The number of nitro benzene ring substituents is 1. The zero-order chi connectivity index (χ0) is 18.4. The number of benzene rings is 1. The lowest BCUT2D eigenvalue weighted by Gasteiger charge is -2.37.